The fraction of sp³-hybridized carbons (Fsp3) is 0.381. The summed E-state index contributed by atoms with van der Waals surface area (Å²) in [5, 5.41) is 21.6. The van der Waals surface area contributed by atoms with Gasteiger partial charge in [0.15, 0.2) is 0 Å². The molecule has 1 saturated carbocycles. The molecule has 3 aromatic rings. The predicted molar refractivity (Wildman–Crippen MR) is 113 cm³/mol. The summed E-state index contributed by atoms with van der Waals surface area (Å²) < 4.78 is 8.44. The van der Waals surface area contributed by atoms with Crippen molar-refractivity contribution >= 4 is 28.3 Å². The molecule has 1 aliphatic rings. The molecule has 0 saturated heterocycles. The van der Waals surface area contributed by atoms with Crippen molar-refractivity contribution in [3.63, 3.8) is 0 Å². The molecule has 0 unspecified atom stereocenters. The van der Waals surface area contributed by atoms with Crippen molar-refractivity contribution in [2.75, 3.05) is 7.11 Å². The molecule has 30 heavy (non-hydrogen) atoms. The third kappa shape index (κ3) is 3.68. The highest BCUT2D eigenvalue weighted by Crippen LogP contribution is 2.32. The predicted octanol–water partition coefficient (Wildman–Crippen LogP) is 3.90. The summed E-state index contributed by atoms with van der Waals surface area (Å²) in [4.78, 5) is 24.2. The molecule has 0 atom stereocenters. The first-order valence-electron chi connectivity index (χ1n) is 9.78. The fourth-order valence-electron chi connectivity index (χ4n) is 4.19. The van der Waals surface area contributed by atoms with Crippen molar-refractivity contribution in [3.05, 3.63) is 67.6 Å². The topological polar surface area (TPSA) is 99.5 Å². The number of methoxy groups -OCH3 is 1. The Hall–Kier alpha value is -2.84. The molecule has 1 heterocycles. The number of imidazole rings is 1. The Morgan fingerprint density at radius 3 is 2.53 bits per heavy atom. The molecule has 8 nitrogen and oxygen atoms in total. The van der Waals surface area contributed by atoms with Crippen molar-refractivity contribution in [1.82, 2.24) is 9.13 Å². The summed E-state index contributed by atoms with van der Waals surface area (Å²) in [5.74, 6) is 0.534. The normalized spacial score (nSPS) is 19.2. The van der Waals surface area contributed by atoms with Gasteiger partial charge in [0.05, 0.1) is 40.7 Å². The number of halogens is 1. The number of rotatable bonds is 5. The highest BCUT2D eigenvalue weighted by Gasteiger charge is 2.26. The quantitative estimate of drug-likeness (QED) is 0.488. The van der Waals surface area contributed by atoms with E-state index in [1.54, 1.807) is 27.3 Å². The van der Waals surface area contributed by atoms with Gasteiger partial charge in [0.2, 0.25) is 0 Å². The second-order valence-corrected chi connectivity index (χ2v) is 8.01. The lowest BCUT2D eigenvalue weighted by Gasteiger charge is -2.26. The van der Waals surface area contributed by atoms with Crippen LogP contribution in [0.1, 0.15) is 37.3 Å². The Morgan fingerprint density at radius 1 is 1.17 bits per heavy atom. The Labute approximate surface area is 177 Å². The molecule has 2 aromatic carbocycles. The molecule has 0 aliphatic heterocycles. The van der Waals surface area contributed by atoms with Crippen LogP contribution in [-0.2, 0) is 6.54 Å². The van der Waals surface area contributed by atoms with Gasteiger partial charge in [-0.2, -0.15) is 0 Å². The first-order chi connectivity index (χ1) is 14.4. The van der Waals surface area contributed by atoms with E-state index in [4.69, 9.17) is 16.3 Å². The minimum Gasteiger partial charge on any atom is -0.495 e. The standard InChI is InChI=1S/C21H22ClN3O5/c1-30-20-9-2-13(10-17(20)22)12-23-19-11-15(25(28)29)5-8-18(19)24(21(23)27)14-3-6-16(26)7-4-14/h2,5,8-11,14,16,26H,3-4,6-7,12H2,1H3. The van der Waals surface area contributed by atoms with E-state index < -0.39 is 4.92 Å². The van der Waals surface area contributed by atoms with Crippen LogP contribution in [0.25, 0.3) is 11.0 Å². The number of hydrogen-bond donors (Lipinski definition) is 1. The van der Waals surface area contributed by atoms with E-state index in [1.807, 2.05) is 6.07 Å². The first kappa shape index (κ1) is 20.4. The van der Waals surface area contributed by atoms with E-state index in [9.17, 15) is 20.0 Å². The number of nitro groups is 1. The van der Waals surface area contributed by atoms with Gasteiger partial charge in [0.25, 0.3) is 5.69 Å². The highest BCUT2D eigenvalue weighted by molar-refractivity contribution is 6.32. The maximum absolute atomic E-state index is 13.4. The lowest BCUT2D eigenvalue weighted by molar-refractivity contribution is -0.384. The van der Waals surface area contributed by atoms with Crippen molar-refractivity contribution in [2.24, 2.45) is 0 Å². The van der Waals surface area contributed by atoms with Gasteiger partial charge in [0, 0.05) is 18.2 Å². The number of non-ortho nitro benzene ring substituents is 1. The minimum atomic E-state index is -0.465. The van der Waals surface area contributed by atoms with Gasteiger partial charge in [-0.05, 0) is 49.4 Å². The Morgan fingerprint density at radius 2 is 1.90 bits per heavy atom. The molecule has 0 bridgehead atoms. The number of nitrogens with zero attached hydrogens (tertiary/aromatic N) is 3. The molecule has 158 valence electrons. The maximum atomic E-state index is 13.4. The lowest BCUT2D eigenvalue weighted by atomic mass is 9.93. The van der Waals surface area contributed by atoms with E-state index >= 15 is 0 Å². The van der Waals surface area contributed by atoms with Crippen LogP contribution in [-0.4, -0.2) is 32.4 Å². The van der Waals surface area contributed by atoms with Gasteiger partial charge in [-0.25, -0.2) is 4.79 Å². The van der Waals surface area contributed by atoms with Crippen molar-refractivity contribution < 1.29 is 14.8 Å². The van der Waals surface area contributed by atoms with E-state index in [2.05, 4.69) is 0 Å². The Bertz CT molecular complexity index is 1160. The van der Waals surface area contributed by atoms with E-state index in [0.717, 1.165) is 5.56 Å². The summed E-state index contributed by atoms with van der Waals surface area (Å²) >= 11 is 6.23. The minimum absolute atomic E-state index is 0.0504. The van der Waals surface area contributed by atoms with Gasteiger partial charge < -0.3 is 9.84 Å². The number of aliphatic hydroxyl groups excluding tert-OH is 1. The second kappa shape index (κ2) is 8.12. The van der Waals surface area contributed by atoms with E-state index in [1.165, 1.54) is 19.2 Å². The van der Waals surface area contributed by atoms with Crippen LogP contribution in [0.4, 0.5) is 5.69 Å². The fourth-order valence-corrected chi connectivity index (χ4v) is 4.47. The van der Waals surface area contributed by atoms with Crippen LogP contribution in [0, 0.1) is 10.1 Å². The lowest BCUT2D eigenvalue weighted by Crippen LogP contribution is -2.31. The number of hydrogen-bond acceptors (Lipinski definition) is 5. The SMILES string of the molecule is COc1ccc(Cn2c(=O)n(C3CCC(O)CC3)c3ccc([N+](=O)[O-])cc32)cc1Cl. The van der Waals surface area contributed by atoms with Crippen LogP contribution >= 0.6 is 11.6 Å². The van der Waals surface area contributed by atoms with Gasteiger partial charge in [-0.3, -0.25) is 19.2 Å². The molecule has 1 aromatic heterocycles. The molecule has 0 amide bonds. The van der Waals surface area contributed by atoms with Crippen molar-refractivity contribution in [1.29, 1.82) is 0 Å². The van der Waals surface area contributed by atoms with E-state index in [-0.39, 0.29) is 30.1 Å². The molecule has 4 rings (SSSR count). The smallest absolute Gasteiger partial charge is 0.329 e. The molecular formula is C21H22ClN3O5. The largest absolute Gasteiger partial charge is 0.495 e. The zero-order valence-corrected chi connectivity index (χ0v) is 17.2. The number of benzene rings is 2. The van der Waals surface area contributed by atoms with Gasteiger partial charge in [0.1, 0.15) is 5.75 Å². The Kier molecular flexibility index (Phi) is 5.53. The van der Waals surface area contributed by atoms with Crippen LogP contribution in [0.2, 0.25) is 5.02 Å². The summed E-state index contributed by atoms with van der Waals surface area (Å²) in [7, 11) is 1.53. The summed E-state index contributed by atoms with van der Waals surface area (Å²) in [6, 6.07) is 9.72. The summed E-state index contributed by atoms with van der Waals surface area (Å²) in [5.41, 5.74) is 1.66. The average Bonchev–Trinajstić information content (AvgIpc) is 3.00. The number of aliphatic hydroxyl groups is 1. The van der Waals surface area contributed by atoms with Gasteiger partial charge >= 0.3 is 5.69 Å². The second-order valence-electron chi connectivity index (χ2n) is 7.60. The molecule has 1 N–H and O–H groups in total. The zero-order chi connectivity index (χ0) is 21.4. The zero-order valence-electron chi connectivity index (χ0n) is 16.5. The number of fused-ring (bicyclic) bond motifs is 1. The average molecular weight is 432 g/mol. The van der Waals surface area contributed by atoms with Gasteiger partial charge in [-0.1, -0.05) is 17.7 Å². The monoisotopic (exact) mass is 431 g/mol. The number of ether oxygens (including phenoxy) is 1. The van der Waals surface area contributed by atoms with Crippen LogP contribution in [0.3, 0.4) is 0 Å². The summed E-state index contributed by atoms with van der Waals surface area (Å²) in [6.07, 6.45) is 2.29. The van der Waals surface area contributed by atoms with Crippen LogP contribution < -0.4 is 10.4 Å². The molecule has 0 radical (unpaired) electrons. The third-order valence-corrected chi connectivity index (χ3v) is 6.04. The molecule has 1 aliphatic carbocycles. The van der Waals surface area contributed by atoms with E-state index in [0.29, 0.717) is 47.5 Å². The first-order valence-corrected chi connectivity index (χ1v) is 10.2. The molecule has 1 fully saturated rings. The van der Waals surface area contributed by atoms with Crippen molar-refractivity contribution in [2.45, 2.75) is 44.4 Å². The van der Waals surface area contributed by atoms with Crippen LogP contribution in [0.5, 0.6) is 5.75 Å². The third-order valence-electron chi connectivity index (χ3n) is 5.75. The number of nitro benzene ring substituents is 1. The number of aromatic nitrogens is 2. The van der Waals surface area contributed by atoms with Crippen molar-refractivity contribution in [3.8, 4) is 5.75 Å². The Balaban J connectivity index is 1.84. The molecule has 0 spiro atoms. The van der Waals surface area contributed by atoms with Crippen LogP contribution in [0.15, 0.2) is 41.2 Å². The highest BCUT2D eigenvalue weighted by atomic mass is 35.5. The molecule has 9 heteroatoms. The maximum Gasteiger partial charge on any atom is 0.329 e. The summed E-state index contributed by atoms with van der Waals surface area (Å²) in [6.45, 7) is 0.225. The van der Waals surface area contributed by atoms with Gasteiger partial charge in [-0.15, -0.1) is 0 Å². The molecular weight excluding hydrogens is 410 g/mol.